The van der Waals surface area contributed by atoms with E-state index in [0.717, 1.165) is 19.4 Å². The van der Waals surface area contributed by atoms with E-state index in [-0.39, 0.29) is 6.10 Å². The van der Waals surface area contributed by atoms with Gasteiger partial charge in [-0.15, -0.1) is 0 Å². The SMILES string of the molecule is COc1cc(NC(=O)COC(=O)c2ccc(OC[C@@H]3CCCO3)cc2)cc(OC)c1OC. The molecule has 1 saturated heterocycles. The maximum atomic E-state index is 12.2. The summed E-state index contributed by atoms with van der Waals surface area (Å²) < 4.78 is 32.0. The summed E-state index contributed by atoms with van der Waals surface area (Å²) in [5.41, 5.74) is 0.725. The summed E-state index contributed by atoms with van der Waals surface area (Å²) in [6.45, 7) is 0.795. The van der Waals surface area contributed by atoms with E-state index >= 15 is 0 Å². The third-order valence-corrected chi connectivity index (χ3v) is 4.83. The van der Waals surface area contributed by atoms with Gasteiger partial charge in [-0.1, -0.05) is 0 Å². The molecule has 0 bridgehead atoms. The molecule has 0 saturated carbocycles. The number of hydrogen-bond donors (Lipinski definition) is 1. The first-order chi connectivity index (χ1) is 15.5. The van der Waals surface area contributed by atoms with Crippen LogP contribution < -0.4 is 24.3 Å². The molecule has 0 aliphatic carbocycles. The molecule has 32 heavy (non-hydrogen) atoms. The Hall–Kier alpha value is -3.46. The molecule has 172 valence electrons. The number of methoxy groups -OCH3 is 3. The monoisotopic (exact) mass is 445 g/mol. The van der Waals surface area contributed by atoms with Crippen molar-refractivity contribution >= 4 is 17.6 Å². The molecule has 1 fully saturated rings. The number of amides is 1. The highest BCUT2D eigenvalue weighted by atomic mass is 16.5. The normalized spacial score (nSPS) is 15.0. The van der Waals surface area contributed by atoms with Gasteiger partial charge in [-0.2, -0.15) is 0 Å². The predicted octanol–water partition coefficient (Wildman–Crippen LogP) is 3.07. The van der Waals surface area contributed by atoms with Gasteiger partial charge in [-0.05, 0) is 37.1 Å². The van der Waals surface area contributed by atoms with E-state index in [1.165, 1.54) is 21.3 Å². The lowest BCUT2D eigenvalue weighted by Gasteiger charge is -2.14. The molecule has 1 N–H and O–H groups in total. The molecular formula is C23H27NO8. The van der Waals surface area contributed by atoms with Gasteiger partial charge in [0.05, 0.1) is 33.0 Å². The second-order valence-corrected chi connectivity index (χ2v) is 7.01. The molecule has 1 heterocycles. The van der Waals surface area contributed by atoms with Gasteiger partial charge in [0, 0.05) is 24.4 Å². The largest absolute Gasteiger partial charge is 0.493 e. The van der Waals surface area contributed by atoms with Crippen LogP contribution in [0, 0.1) is 0 Å². The van der Waals surface area contributed by atoms with Crippen molar-refractivity contribution in [2.75, 3.05) is 46.5 Å². The maximum absolute atomic E-state index is 12.2. The first kappa shape index (κ1) is 23.2. The molecule has 1 aliphatic rings. The lowest BCUT2D eigenvalue weighted by atomic mass is 10.2. The molecule has 3 rings (SSSR count). The topological polar surface area (TPSA) is 102 Å². The number of rotatable bonds is 10. The van der Waals surface area contributed by atoms with Gasteiger partial charge in [0.25, 0.3) is 5.91 Å². The molecule has 1 aliphatic heterocycles. The molecule has 0 aromatic heterocycles. The quantitative estimate of drug-likeness (QED) is 0.557. The summed E-state index contributed by atoms with van der Waals surface area (Å²) in [5, 5.41) is 2.64. The second kappa shape index (κ2) is 11.2. The number of ether oxygens (including phenoxy) is 6. The minimum atomic E-state index is -0.615. The first-order valence-corrected chi connectivity index (χ1v) is 10.2. The van der Waals surface area contributed by atoms with Crippen molar-refractivity contribution in [2.24, 2.45) is 0 Å². The van der Waals surface area contributed by atoms with E-state index in [4.69, 9.17) is 28.4 Å². The average molecular weight is 445 g/mol. The summed E-state index contributed by atoms with van der Waals surface area (Å²) in [6, 6.07) is 9.70. The molecule has 2 aromatic carbocycles. The number of anilines is 1. The van der Waals surface area contributed by atoms with Gasteiger partial charge >= 0.3 is 5.97 Å². The smallest absolute Gasteiger partial charge is 0.338 e. The van der Waals surface area contributed by atoms with Crippen LogP contribution >= 0.6 is 0 Å². The van der Waals surface area contributed by atoms with E-state index < -0.39 is 18.5 Å². The van der Waals surface area contributed by atoms with E-state index in [1.807, 2.05) is 0 Å². The molecule has 0 radical (unpaired) electrons. The fourth-order valence-electron chi connectivity index (χ4n) is 3.22. The van der Waals surface area contributed by atoms with Crippen LogP contribution in [0.25, 0.3) is 0 Å². The van der Waals surface area contributed by atoms with Crippen LogP contribution in [-0.2, 0) is 14.3 Å². The molecule has 1 amide bonds. The summed E-state index contributed by atoms with van der Waals surface area (Å²) in [6.07, 6.45) is 2.15. The Morgan fingerprint density at radius 1 is 1.03 bits per heavy atom. The summed E-state index contributed by atoms with van der Waals surface area (Å²) in [4.78, 5) is 24.5. The Kier molecular flexibility index (Phi) is 8.15. The fraction of sp³-hybridized carbons (Fsp3) is 0.391. The first-order valence-electron chi connectivity index (χ1n) is 10.2. The van der Waals surface area contributed by atoms with Crippen LogP contribution in [0.3, 0.4) is 0 Å². The van der Waals surface area contributed by atoms with Crippen LogP contribution in [0.15, 0.2) is 36.4 Å². The number of benzene rings is 2. The van der Waals surface area contributed by atoms with Crippen LogP contribution in [-0.4, -0.2) is 59.1 Å². The van der Waals surface area contributed by atoms with Gasteiger partial charge in [-0.25, -0.2) is 4.79 Å². The van der Waals surface area contributed by atoms with Crippen LogP contribution in [0.5, 0.6) is 23.0 Å². The van der Waals surface area contributed by atoms with Crippen molar-refractivity contribution in [3.63, 3.8) is 0 Å². The van der Waals surface area contributed by atoms with Crippen molar-refractivity contribution in [1.82, 2.24) is 0 Å². The Morgan fingerprint density at radius 3 is 2.28 bits per heavy atom. The van der Waals surface area contributed by atoms with E-state index in [0.29, 0.717) is 40.9 Å². The molecule has 9 nitrogen and oxygen atoms in total. The van der Waals surface area contributed by atoms with Crippen molar-refractivity contribution in [3.05, 3.63) is 42.0 Å². The lowest BCUT2D eigenvalue weighted by molar-refractivity contribution is -0.119. The zero-order valence-electron chi connectivity index (χ0n) is 18.3. The number of carbonyl (C=O) groups is 2. The highest BCUT2D eigenvalue weighted by Crippen LogP contribution is 2.39. The Morgan fingerprint density at radius 2 is 1.72 bits per heavy atom. The van der Waals surface area contributed by atoms with Gasteiger partial charge in [0.1, 0.15) is 12.4 Å². The number of esters is 1. The minimum Gasteiger partial charge on any atom is -0.493 e. The van der Waals surface area contributed by atoms with Crippen LogP contribution in [0.2, 0.25) is 0 Å². The maximum Gasteiger partial charge on any atom is 0.338 e. The highest BCUT2D eigenvalue weighted by Gasteiger charge is 2.17. The van der Waals surface area contributed by atoms with Crippen molar-refractivity contribution in [3.8, 4) is 23.0 Å². The molecule has 1 atom stereocenters. The van der Waals surface area contributed by atoms with Crippen LogP contribution in [0.4, 0.5) is 5.69 Å². The molecular weight excluding hydrogens is 418 g/mol. The number of nitrogens with one attached hydrogen (secondary N) is 1. The molecule has 0 spiro atoms. The van der Waals surface area contributed by atoms with Crippen molar-refractivity contribution in [1.29, 1.82) is 0 Å². The van der Waals surface area contributed by atoms with Gasteiger partial charge in [0.2, 0.25) is 5.75 Å². The average Bonchev–Trinajstić information content (AvgIpc) is 3.34. The van der Waals surface area contributed by atoms with Crippen molar-refractivity contribution < 1.29 is 38.0 Å². The third-order valence-electron chi connectivity index (χ3n) is 4.83. The summed E-state index contributed by atoms with van der Waals surface area (Å²) in [7, 11) is 4.44. The molecule has 2 aromatic rings. The van der Waals surface area contributed by atoms with Crippen molar-refractivity contribution in [2.45, 2.75) is 18.9 Å². The Balaban J connectivity index is 1.50. The third kappa shape index (κ3) is 6.04. The Labute approximate surface area is 186 Å². The number of carbonyl (C=O) groups excluding carboxylic acids is 2. The fourth-order valence-corrected chi connectivity index (χ4v) is 3.22. The molecule has 0 unspecified atom stereocenters. The van der Waals surface area contributed by atoms with E-state index in [9.17, 15) is 9.59 Å². The van der Waals surface area contributed by atoms with Gasteiger partial charge in [-0.3, -0.25) is 4.79 Å². The van der Waals surface area contributed by atoms with Gasteiger partial charge in [0.15, 0.2) is 18.1 Å². The van der Waals surface area contributed by atoms with E-state index in [1.54, 1.807) is 36.4 Å². The lowest BCUT2D eigenvalue weighted by Crippen LogP contribution is -2.21. The van der Waals surface area contributed by atoms with Gasteiger partial charge < -0.3 is 33.7 Å². The van der Waals surface area contributed by atoms with E-state index in [2.05, 4.69) is 5.32 Å². The zero-order chi connectivity index (χ0) is 22.9. The predicted molar refractivity (Wildman–Crippen MR) is 116 cm³/mol. The standard InChI is InChI=1S/C23H27NO8/c1-27-19-11-16(12-20(28-2)22(19)29-3)24-21(25)14-32-23(26)15-6-8-17(9-7-15)31-13-18-5-4-10-30-18/h6-9,11-12,18H,4-5,10,13-14H2,1-3H3,(H,24,25)/t18-/m0/s1. The van der Waals surface area contributed by atoms with Crippen LogP contribution in [0.1, 0.15) is 23.2 Å². The summed E-state index contributed by atoms with van der Waals surface area (Å²) >= 11 is 0. The number of hydrogen-bond acceptors (Lipinski definition) is 8. The second-order valence-electron chi connectivity index (χ2n) is 7.01. The minimum absolute atomic E-state index is 0.115. The molecule has 9 heteroatoms. The highest BCUT2D eigenvalue weighted by molar-refractivity contribution is 5.96. The zero-order valence-corrected chi connectivity index (χ0v) is 18.3. The summed E-state index contributed by atoms with van der Waals surface area (Å²) in [5.74, 6) is 0.696. The Bertz CT molecular complexity index is 897.